The van der Waals surface area contributed by atoms with Crippen molar-refractivity contribution >= 4 is 5.78 Å². The number of rotatable bonds is 4. The molecule has 0 aromatic carbocycles. The normalized spacial score (nSPS) is 23.5. The maximum atomic E-state index is 11.3. The Hall–Kier alpha value is -0.370. The fourth-order valence-corrected chi connectivity index (χ4v) is 1.81. The van der Waals surface area contributed by atoms with Gasteiger partial charge in [0, 0.05) is 18.4 Å². The summed E-state index contributed by atoms with van der Waals surface area (Å²) in [6.07, 6.45) is 4.14. The summed E-state index contributed by atoms with van der Waals surface area (Å²) in [4.78, 5) is 13.6. The van der Waals surface area contributed by atoms with Gasteiger partial charge in [-0.15, -0.1) is 0 Å². The highest BCUT2D eigenvalue weighted by Crippen LogP contribution is 2.24. The molecular weight excluding hydrogens is 162 g/mol. The van der Waals surface area contributed by atoms with E-state index in [1.165, 1.54) is 0 Å². The Balaban J connectivity index is 2.22. The Morgan fingerprint density at radius 3 is 2.69 bits per heavy atom. The monoisotopic (exact) mass is 183 g/mol. The molecule has 2 nitrogen and oxygen atoms in total. The molecule has 1 aliphatic carbocycles. The average Bonchev–Trinajstić information content (AvgIpc) is 2.47. The molecule has 1 aliphatic rings. The smallest absolute Gasteiger partial charge is 0.136 e. The van der Waals surface area contributed by atoms with Gasteiger partial charge in [-0.25, -0.2) is 0 Å². The molecule has 0 heterocycles. The molecule has 1 rings (SSSR count). The van der Waals surface area contributed by atoms with Gasteiger partial charge in [-0.1, -0.05) is 0 Å². The van der Waals surface area contributed by atoms with Crippen LogP contribution in [0.4, 0.5) is 0 Å². The van der Waals surface area contributed by atoms with Crippen molar-refractivity contribution in [2.24, 2.45) is 5.92 Å². The van der Waals surface area contributed by atoms with Gasteiger partial charge in [-0.2, -0.15) is 0 Å². The molecule has 13 heavy (non-hydrogen) atoms. The number of carbonyl (C=O) groups is 1. The highest BCUT2D eigenvalue weighted by molar-refractivity contribution is 5.82. The van der Waals surface area contributed by atoms with E-state index in [9.17, 15) is 4.79 Å². The lowest BCUT2D eigenvalue weighted by Gasteiger charge is -2.22. The van der Waals surface area contributed by atoms with Crippen molar-refractivity contribution in [1.29, 1.82) is 0 Å². The first-order valence-corrected chi connectivity index (χ1v) is 5.34. The largest absolute Gasteiger partial charge is 0.304 e. The lowest BCUT2D eigenvalue weighted by molar-refractivity contribution is -0.120. The number of hydrogen-bond acceptors (Lipinski definition) is 2. The van der Waals surface area contributed by atoms with E-state index in [1.807, 2.05) is 0 Å². The van der Waals surface area contributed by atoms with Crippen molar-refractivity contribution in [1.82, 2.24) is 4.90 Å². The Labute approximate surface area is 81.3 Å². The van der Waals surface area contributed by atoms with Crippen molar-refractivity contribution in [2.45, 2.75) is 45.6 Å². The first-order chi connectivity index (χ1) is 6.11. The van der Waals surface area contributed by atoms with E-state index in [2.05, 4.69) is 25.8 Å². The third kappa shape index (κ3) is 3.11. The van der Waals surface area contributed by atoms with Crippen LogP contribution in [0.3, 0.4) is 0 Å². The Kier molecular flexibility index (Phi) is 3.91. The number of hydrogen-bond donors (Lipinski definition) is 0. The minimum absolute atomic E-state index is 0.376. The van der Waals surface area contributed by atoms with Crippen molar-refractivity contribution < 1.29 is 4.79 Å². The van der Waals surface area contributed by atoms with E-state index in [-0.39, 0.29) is 0 Å². The van der Waals surface area contributed by atoms with Crippen LogP contribution in [0, 0.1) is 5.92 Å². The van der Waals surface area contributed by atoms with Crippen molar-refractivity contribution in [3.8, 4) is 0 Å². The summed E-state index contributed by atoms with van der Waals surface area (Å²) in [7, 11) is 2.13. The lowest BCUT2D eigenvalue weighted by atomic mass is 10.0. The van der Waals surface area contributed by atoms with Gasteiger partial charge in [0.25, 0.3) is 0 Å². The minimum Gasteiger partial charge on any atom is -0.304 e. The molecule has 76 valence electrons. The fraction of sp³-hybridized carbons (Fsp3) is 0.909. The molecular formula is C11H21NO. The second-order valence-electron chi connectivity index (χ2n) is 4.42. The third-order valence-corrected chi connectivity index (χ3v) is 3.14. The summed E-state index contributed by atoms with van der Waals surface area (Å²) in [6, 6.07) is 0.594. The van der Waals surface area contributed by atoms with Crippen molar-refractivity contribution in [3.63, 3.8) is 0 Å². The second-order valence-corrected chi connectivity index (χ2v) is 4.42. The Morgan fingerprint density at radius 1 is 1.54 bits per heavy atom. The molecule has 1 unspecified atom stereocenters. The van der Waals surface area contributed by atoms with Crippen LogP contribution in [0.25, 0.3) is 0 Å². The number of ketones is 1. The van der Waals surface area contributed by atoms with Crippen LogP contribution < -0.4 is 0 Å². The SMILES string of the molecule is CC(C)N(C)CCC1CCCC1=O. The molecule has 1 fully saturated rings. The number of nitrogens with zero attached hydrogens (tertiary/aromatic N) is 1. The maximum absolute atomic E-state index is 11.3. The second kappa shape index (κ2) is 4.75. The predicted octanol–water partition coefficient (Wildman–Crippen LogP) is 2.09. The van der Waals surface area contributed by atoms with E-state index in [0.29, 0.717) is 17.7 Å². The summed E-state index contributed by atoms with van der Waals surface area (Å²) < 4.78 is 0. The van der Waals surface area contributed by atoms with Crippen LogP contribution >= 0.6 is 0 Å². The molecule has 0 spiro atoms. The van der Waals surface area contributed by atoms with Crippen LogP contribution in [0.1, 0.15) is 39.5 Å². The van der Waals surface area contributed by atoms with Crippen LogP contribution in [-0.2, 0) is 4.79 Å². The molecule has 0 bridgehead atoms. The molecule has 0 amide bonds. The van der Waals surface area contributed by atoms with Gasteiger partial charge in [0.2, 0.25) is 0 Å². The van der Waals surface area contributed by atoms with Crippen molar-refractivity contribution in [3.05, 3.63) is 0 Å². The fourth-order valence-electron chi connectivity index (χ4n) is 1.81. The summed E-state index contributed by atoms with van der Waals surface area (Å²) in [5, 5.41) is 0. The van der Waals surface area contributed by atoms with E-state index < -0.39 is 0 Å². The first kappa shape index (κ1) is 10.7. The van der Waals surface area contributed by atoms with Gasteiger partial charge < -0.3 is 4.90 Å². The quantitative estimate of drug-likeness (QED) is 0.665. The van der Waals surface area contributed by atoms with Crippen LogP contribution in [0.2, 0.25) is 0 Å². The molecule has 1 saturated carbocycles. The Bertz CT molecular complexity index is 177. The highest BCUT2D eigenvalue weighted by atomic mass is 16.1. The van der Waals surface area contributed by atoms with Gasteiger partial charge in [-0.05, 0) is 46.7 Å². The Morgan fingerprint density at radius 2 is 2.23 bits per heavy atom. The summed E-state index contributed by atoms with van der Waals surface area (Å²) in [5.74, 6) is 0.873. The topological polar surface area (TPSA) is 20.3 Å². The van der Waals surface area contributed by atoms with Crippen LogP contribution in [0.5, 0.6) is 0 Å². The van der Waals surface area contributed by atoms with E-state index in [4.69, 9.17) is 0 Å². The zero-order chi connectivity index (χ0) is 9.84. The molecule has 0 N–H and O–H groups in total. The first-order valence-electron chi connectivity index (χ1n) is 5.34. The lowest BCUT2D eigenvalue weighted by Crippen LogP contribution is -2.29. The number of Topliss-reactive ketones (excluding diaryl/α,β-unsaturated/α-hetero) is 1. The zero-order valence-electron chi connectivity index (χ0n) is 9.05. The molecule has 1 atom stereocenters. The van der Waals surface area contributed by atoms with Gasteiger partial charge in [0.1, 0.15) is 5.78 Å². The van der Waals surface area contributed by atoms with Crippen LogP contribution in [-0.4, -0.2) is 30.3 Å². The molecule has 2 heteroatoms. The molecule has 0 radical (unpaired) electrons. The standard InChI is InChI=1S/C11H21NO/c1-9(2)12(3)8-7-10-5-4-6-11(10)13/h9-10H,4-8H2,1-3H3. The van der Waals surface area contributed by atoms with E-state index in [1.54, 1.807) is 0 Å². The molecule has 0 aromatic rings. The predicted molar refractivity (Wildman–Crippen MR) is 54.7 cm³/mol. The summed E-state index contributed by atoms with van der Waals surface area (Å²) in [5.41, 5.74) is 0. The molecule has 0 saturated heterocycles. The van der Waals surface area contributed by atoms with Gasteiger partial charge in [0.05, 0.1) is 0 Å². The van der Waals surface area contributed by atoms with E-state index in [0.717, 1.165) is 32.2 Å². The van der Waals surface area contributed by atoms with Crippen molar-refractivity contribution in [2.75, 3.05) is 13.6 Å². The maximum Gasteiger partial charge on any atom is 0.136 e. The third-order valence-electron chi connectivity index (χ3n) is 3.14. The average molecular weight is 183 g/mol. The molecule has 0 aliphatic heterocycles. The van der Waals surface area contributed by atoms with Gasteiger partial charge in [0.15, 0.2) is 0 Å². The minimum atomic E-state index is 0.376. The number of carbonyl (C=O) groups excluding carboxylic acids is 1. The van der Waals surface area contributed by atoms with E-state index >= 15 is 0 Å². The van der Waals surface area contributed by atoms with Crippen LogP contribution in [0.15, 0.2) is 0 Å². The summed E-state index contributed by atoms with van der Waals surface area (Å²) >= 11 is 0. The zero-order valence-corrected chi connectivity index (χ0v) is 9.05. The summed E-state index contributed by atoms with van der Waals surface area (Å²) in [6.45, 7) is 5.45. The highest BCUT2D eigenvalue weighted by Gasteiger charge is 2.24. The van der Waals surface area contributed by atoms with Gasteiger partial charge in [-0.3, -0.25) is 4.79 Å². The molecule has 0 aromatic heterocycles. The van der Waals surface area contributed by atoms with Gasteiger partial charge >= 0.3 is 0 Å².